The summed E-state index contributed by atoms with van der Waals surface area (Å²) < 4.78 is 6.14. The van der Waals surface area contributed by atoms with E-state index in [0.717, 1.165) is 30.6 Å². The zero-order valence-corrected chi connectivity index (χ0v) is 19.9. The first-order chi connectivity index (χ1) is 17.6. The first kappa shape index (κ1) is 22.3. The van der Waals surface area contributed by atoms with E-state index in [1.54, 1.807) is 17.0 Å². The summed E-state index contributed by atoms with van der Waals surface area (Å²) in [6, 6.07) is 21.8. The number of para-hydroxylation sites is 1. The number of anilines is 1. The van der Waals surface area contributed by atoms with Gasteiger partial charge in [0.15, 0.2) is 0 Å². The molecule has 3 aliphatic rings. The number of rotatable bonds is 6. The van der Waals surface area contributed by atoms with Gasteiger partial charge in [-0.1, -0.05) is 48.5 Å². The highest BCUT2D eigenvalue weighted by atomic mass is 16.5. The maximum Gasteiger partial charge on any atom is 0.255 e. The molecular weight excluding hydrogens is 454 g/mol. The Labute approximate surface area is 209 Å². The van der Waals surface area contributed by atoms with Crippen molar-refractivity contribution in [1.29, 1.82) is 0 Å². The minimum absolute atomic E-state index is 0.196. The van der Waals surface area contributed by atoms with Crippen LogP contribution in [0.25, 0.3) is 0 Å². The zero-order valence-electron chi connectivity index (χ0n) is 19.9. The van der Waals surface area contributed by atoms with E-state index in [0.29, 0.717) is 30.9 Å². The van der Waals surface area contributed by atoms with Gasteiger partial charge in [0.25, 0.3) is 5.91 Å². The largest absolute Gasteiger partial charge is 0.489 e. The highest BCUT2D eigenvalue weighted by molar-refractivity contribution is 6.05. The number of imide groups is 1. The SMILES string of the molecule is O=C1CCC(N2Cc3c(OCc4ccc(CN5CCc6ccccc65)cc4)cccc3C2=O)C(=O)N1. The van der Waals surface area contributed by atoms with E-state index in [4.69, 9.17) is 4.74 Å². The molecule has 3 aliphatic heterocycles. The van der Waals surface area contributed by atoms with Gasteiger partial charge >= 0.3 is 0 Å². The summed E-state index contributed by atoms with van der Waals surface area (Å²) in [5.41, 5.74) is 6.37. The third-order valence-electron chi connectivity index (χ3n) is 7.31. The van der Waals surface area contributed by atoms with Crippen molar-refractivity contribution in [3.8, 4) is 5.75 Å². The summed E-state index contributed by atoms with van der Waals surface area (Å²) in [7, 11) is 0. The second-order valence-corrected chi connectivity index (χ2v) is 9.59. The number of hydrogen-bond donors (Lipinski definition) is 1. The Morgan fingerprint density at radius 3 is 2.53 bits per heavy atom. The van der Waals surface area contributed by atoms with Crippen LogP contribution >= 0.6 is 0 Å². The molecule has 182 valence electrons. The molecule has 0 spiro atoms. The normalized spacial score (nSPS) is 18.8. The molecule has 0 radical (unpaired) electrons. The van der Waals surface area contributed by atoms with Crippen LogP contribution in [0.1, 0.15) is 45.5 Å². The highest BCUT2D eigenvalue weighted by Crippen LogP contribution is 2.34. The Hall–Kier alpha value is -4.13. The standard InChI is InChI=1S/C29H27N3O4/c33-27-13-12-25(28(34)30-27)32-17-23-22(29(32)35)5-3-7-26(23)36-18-20-10-8-19(9-11-20)16-31-15-14-21-4-1-2-6-24(21)31/h1-11,25H,12-18H2,(H,30,33,34). The Bertz CT molecular complexity index is 1350. The molecule has 0 aliphatic carbocycles. The number of ether oxygens (including phenoxy) is 1. The topological polar surface area (TPSA) is 79.0 Å². The van der Waals surface area contributed by atoms with Gasteiger partial charge in [-0.15, -0.1) is 0 Å². The average Bonchev–Trinajstić information content (AvgIpc) is 3.45. The molecule has 6 rings (SSSR count). The molecule has 0 bridgehead atoms. The minimum Gasteiger partial charge on any atom is -0.489 e. The van der Waals surface area contributed by atoms with Crippen LogP contribution in [0.15, 0.2) is 66.7 Å². The molecule has 7 heteroatoms. The Kier molecular flexibility index (Phi) is 5.68. The summed E-state index contributed by atoms with van der Waals surface area (Å²) in [5.74, 6) is -0.251. The Morgan fingerprint density at radius 2 is 1.69 bits per heavy atom. The molecule has 36 heavy (non-hydrogen) atoms. The number of piperidine rings is 1. The quantitative estimate of drug-likeness (QED) is 0.545. The molecule has 0 aromatic heterocycles. The van der Waals surface area contributed by atoms with Crippen molar-refractivity contribution >= 4 is 23.4 Å². The third-order valence-corrected chi connectivity index (χ3v) is 7.31. The summed E-state index contributed by atoms with van der Waals surface area (Å²) >= 11 is 0. The van der Waals surface area contributed by atoms with Crippen LogP contribution in [0.2, 0.25) is 0 Å². The lowest BCUT2D eigenvalue weighted by atomic mass is 10.0. The number of carbonyl (C=O) groups is 3. The van der Waals surface area contributed by atoms with E-state index in [2.05, 4.69) is 58.7 Å². The maximum absolute atomic E-state index is 13.0. The first-order valence-corrected chi connectivity index (χ1v) is 12.4. The lowest BCUT2D eigenvalue weighted by molar-refractivity contribution is -0.136. The molecule has 3 aromatic rings. The van der Waals surface area contributed by atoms with Gasteiger partial charge < -0.3 is 14.5 Å². The lowest BCUT2D eigenvalue weighted by Crippen LogP contribution is -2.52. The van der Waals surface area contributed by atoms with Crippen molar-refractivity contribution < 1.29 is 19.1 Å². The molecular formula is C29H27N3O4. The van der Waals surface area contributed by atoms with Gasteiger partial charge in [-0.3, -0.25) is 19.7 Å². The monoisotopic (exact) mass is 481 g/mol. The smallest absolute Gasteiger partial charge is 0.255 e. The molecule has 7 nitrogen and oxygen atoms in total. The average molecular weight is 482 g/mol. The van der Waals surface area contributed by atoms with Gasteiger partial charge in [0.2, 0.25) is 11.8 Å². The summed E-state index contributed by atoms with van der Waals surface area (Å²) in [4.78, 5) is 40.8. The number of carbonyl (C=O) groups excluding carboxylic acids is 3. The Morgan fingerprint density at radius 1 is 0.889 bits per heavy atom. The molecule has 1 saturated heterocycles. The van der Waals surface area contributed by atoms with Crippen molar-refractivity contribution in [2.45, 2.75) is 45.0 Å². The molecule has 1 N–H and O–H groups in total. The van der Waals surface area contributed by atoms with Crippen molar-refractivity contribution in [3.05, 3.63) is 94.5 Å². The van der Waals surface area contributed by atoms with Gasteiger partial charge in [0, 0.05) is 36.3 Å². The molecule has 1 atom stereocenters. The van der Waals surface area contributed by atoms with E-state index in [1.807, 2.05) is 6.07 Å². The summed E-state index contributed by atoms with van der Waals surface area (Å²) in [5, 5.41) is 2.34. The predicted molar refractivity (Wildman–Crippen MR) is 134 cm³/mol. The predicted octanol–water partition coefficient (Wildman–Crippen LogP) is 3.59. The fraction of sp³-hybridized carbons (Fsp3) is 0.276. The summed E-state index contributed by atoms with van der Waals surface area (Å²) in [6.07, 6.45) is 1.67. The van der Waals surface area contributed by atoms with Crippen molar-refractivity contribution in [3.63, 3.8) is 0 Å². The lowest BCUT2D eigenvalue weighted by Gasteiger charge is -2.29. The van der Waals surface area contributed by atoms with Crippen molar-refractivity contribution in [1.82, 2.24) is 10.2 Å². The molecule has 0 saturated carbocycles. The second-order valence-electron chi connectivity index (χ2n) is 9.59. The minimum atomic E-state index is -0.634. The van der Waals surface area contributed by atoms with E-state index in [-0.39, 0.29) is 18.2 Å². The van der Waals surface area contributed by atoms with Gasteiger partial charge in [0.05, 0.1) is 6.54 Å². The third kappa shape index (κ3) is 4.11. The molecule has 3 amide bonds. The van der Waals surface area contributed by atoms with Crippen molar-refractivity contribution in [2.75, 3.05) is 11.4 Å². The summed E-state index contributed by atoms with van der Waals surface area (Å²) in [6.45, 7) is 2.60. The number of nitrogens with one attached hydrogen (secondary N) is 1. The van der Waals surface area contributed by atoms with Crippen LogP contribution in [0.4, 0.5) is 5.69 Å². The zero-order chi connectivity index (χ0) is 24.6. The van der Waals surface area contributed by atoms with Crippen LogP contribution in [-0.4, -0.2) is 35.2 Å². The van der Waals surface area contributed by atoms with E-state index < -0.39 is 11.9 Å². The number of hydrogen-bond acceptors (Lipinski definition) is 5. The van der Waals surface area contributed by atoms with Crippen LogP contribution in [-0.2, 0) is 35.7 Å². The second kappa shape index (κ2) is 9.15. The van der Waals surface area contributed by atoms with Crippen molar-refractivity contribution in [2.24, 2.45) is 0 Å². The molecule has 3 heterocycles. The maximum atomic E-state index is 13.0. The molecule has 3 aromatic carbocycles. The fourth-order valence-corrected chi connectivity index (χ4v) is 5.39. The van der Waals surface area contributed by atoms with Gasteiger partial charge in [-0.25, -0.2) is 0 Å². The first-order valence-electron chi connectivity index (χ1n) is 12.4. The molecule has 1 unspecified atom stereocenters. The number of amides is 3. The van der Waals surface area contributed by atoms with Gasteiger partial charge in [0.1, 0.15) is 18.4 Å². The van der Waals surface area contributed by atoms with Gasteiger partial charge in [-0.2, -0.15) is 0 Å². The Balaban J connectivity index is 1.11. The fourth-order valence-electron chi connectivity index (χ4n) is 5.39. The van der Waals surface area contributed by atoms with Crippen LogP contribution < -0.4 is 15.0 Å². The van der Waals surface area contributed by atoms with E-state index in [1.165, 1.54) is 16.8 Å². The number of benzene rings is 3. The van der Waals surface area contributed by atoms with Crippen LogP contribution in [0, 0.1) is 0 Å². The van der Waals surface area contributed by atoms with Crippen LogP contribution in [0.5, 0.6) is 5.75 Å². The highest BCUT2D eigenvalue weighted by Gasteiger charge is 2.40. The van der Waals surface area contributed by atoms with E-state index >= 15 is 0 Å². The number of fused-ring (bicyclic) bond motifs is 2. The van der Waals surface area contributed by atoms with Crippen LogP contribution in [0.3, 0.4) is 0 Å². The molecule has 1 fully saturated rings. The number of nitrogens with zero attached hydrogens (tertiary/aromatic N) is 2. The van der Waals surface area contributed by atoms with Gasteiger partial charge in [-0.05, 0) is 47.7 Å². The van der Waals surface area contributed by atoms with E-state index in [9.17, 15) is 14.4 Å².